The van der Waals surface area contributed by atoms with Crippen molar-refractivity contribution < 1.29 is 9.63 Å². The molecule has 0 unspecified atom stereocenters. The number of aromatic nitrogens is 2. The fourth-order valence-electron chi connectivity index (χ4n) is 1.28. The first-order chi connectivity index (χ1) is 8.66. The summed E-state index contributed by atoms with van der Waals surface area (Å²) in [5.41, 5.74) is 0.877. The molecule has 0 radical (unpaired) electrons. The van der Waals surface area contributed by atoms with Crippen LogP contribution in [0.5, 0.6) is 0 Å². The highest BCUT2D eigenvalue weighted by Gasteiger charge is 2.09. The van der Waals surface area contributed by atoms with E-state index < -0.39 is 5.97 Å². The summed E-state index contributed by atoms with van der Waals surface area (Å²) in [7, 11) is 1.76. The van der Waals surface area contributed by atoms with Crippen LogP contribution in [0.15, 0.2) is 41.9 Å². The molecule has 0 bridgehead atoms. The Morgan fingerprint density at radius 1 is 1.50 bits per heavy atom. The molecule has 0 aliphatic carbocycles. The zero-order chi connectivity index (χ0) is 13.0. The third-order valence-electron chi connectivity index (χ3n) is 2.15. The lowest BCUT2D eigenvalue weighted by atomic mass is 10.2. The molecule has 1 aromatic carbocycles. The first-order valence-electron chi connectivity index (χ1n) is 5.14. The fourth-order valence-corrected chi connectivity index (χ4v) is 1.46. The fraction of sp³-hybridized carbons (Fsp3) is 0.0833. The second-order valence-corrected chi connectivity index (χ2v) is 3.97. The molecular weight excluding hydrogens is 254 g/mol. The molecule has 1 aromatic heterocycles. The van der Waals surface area contributed by atoms with Gasteiger partial charge in [0.2, 0.25) is 0 Å². The normalized spacial score (nSPS) is 10.8. The maximum atomic E-state index is 11.5. The van der Waals surface area contributed by atoms with E-state index in [1.165, 1.54) is 12.5 Å². The summed E-state index contributed by atoms with van der Waals surface area (Å²) in [6, 6.07) is 7.11. The third-order valence-corrected chi connectivity index (χ3v) is 2.49. The van der Waals surface area contributed by atoms with Crippen molar-refractivity contribution in [2.75, 3.05) is 0 Å². The van der Waals surface area contributed by atoms with Crippen LogP contribution in [0.1, 0.15) is 16.1 Å². The van der Waals surface area contributed by atoms with Crippen molar-refractivity contribution in [3.63, 3.8) is 0 Å². The summed E-state index contributed by atoms with van der Waals surface area (Å²) < 4.78 is 1.65. The summed E-state index contributed by atoms with van der Waals surface area (Å²) in [4.78, 5) is 20.0. The van der Waals surface area contributed by atoms with E-state index >= 15 is 0 Å². The molecule has 0 aliphatic heterocycles. The largest absolute Gasteiger partial charge is 0.385 e. The van der Waals surface area contributed by atoms with E-state index in [-0.39, 0.29) is 5.69 Å². The number of rotatable bonds is 3. The average molecular weight is 264 g/mol. The molecule has 0 aliphatic rings. The number of benzene rings is 1. The summed E-state index contributed by atoms with van der Waals surface area (Å²) >= 11 is 5.91. The van der Waals surface area contributed by atoms with Gasteiger partial charge in [-0.1, -0.05) is 35.0 Å². The van der Waals surface area contributed by atoms with Gasteiger partial charge in [0.1, 0.15) is 0 Å². The van der Waals surface area contributed by atoms with Gasteiger partial charge in [-0.25, -0.2) is 9.78 Å². The molecule has 0 amide bonds. The number of nitrogens with zero attached hydrogens (tertiary/aromatic N) is 3. The Kier molecular flexibility index (Phi) is 3.74. The Morgan fingerprint density at radius 3 is 2.94 bits per heavy atom. The highest BCUT2D eigenvalue weighted by Crippen LogP contribution is 2.12. The lowest BCUT2D eigenvalue weighted by Crippen LogP contribution is -2.01. The van der Waals surface area contributed by atoms with E-state index in [2.05, 4.69) is 10.1 Å². The van der Waals surface area contributed by atoms with Gasteiger partial charge in [0.15, 0.2) is 5.69 Å². The van der Waals surface area contributed by atoms with E-state index in [9.17, 15) is 4.79 Å². The van der Waals surface area contributed by atoms with Crippen LogP contribution in [0.2, 0.25) is 5.02 Å². The standard InChI is InChI=1S/C12H10ClN3O2/c1-16-7-11(14-8-16)12(17)18-15-6-9-4-2-3-5-10(9)13/h2-8H,1H3. The van der Waals surface area contributed by atoms with Gasteiger partial charge in [0.25, 0.3) is 0 Å². The van der Waals surface area contributed by atoms with Gasteiger partial charge in [0, 0.05) is 23.8 Å². The Labute approximate surface area is 109 Å². The van der Waals surface area contributed by atoms with E-state index in [0.29, 0.717) is 10.6 Å². The van der Waals surface area contributed by atoms with Crippen LogP contribution in [0, 0.1) is 0 Å². The molecule has 0 spiro atoms. The molecule has 0 N–H and O–H groups in total. The molecule has 0 fully saturated rings. The minimum atomic E-state index is -0.612. The third kappa shape index (κ3) is 2.95. The number of oxime groups is 1. The summed E-state index contributed by atoms with van der Waals surface area (Å²) in [6.07, 6.45) is 4.44. The van der Waals surface area contributed by atoms with Crippen molar-refractivity contribution in [3.05, 3.63) is 53.1 Å². The lowest BCUT2D eigenvalue weighted by molar-refractivity contribution is 0.0513. The second-order valence-electron chi connectivity index (χ2n) is 3.56. The summed E-state index contributed by atoms with van der Waals surface area (Å²) in [6.45, 7) is 0. The molecule has 0 saturated carbocycles. The second kappa shape index (κ2) is 5.46. The zero-order valence-corrected chi connectivity index (χ0v) is 10.3. The lowest BCUT2D eigenvalue weighted by Gasteiger charge is -1.96. The van der Waals surface area contributed by atoms with Crippen molar-refractivity contribution >= 4 is 23.8 Å². The van der Waals surface area contributed by atoms with E-state index in [1.807, 2.05) is 6.07 Å². The van der Waals surface area contributed by atoms with Crippen LogP contribution in [-0.4, -0.2) is 21.7 Å². The van der Waals surface area contributed by atoms with Crippen LogP contribution in [0.3, 0.4) is 0 Å². The maximum absolute atomic E-state index is 11.5. The molecule has 92 valence electrons. The molecule has 0 atom stereocenters. The molecule has 2 rings (SSSR count). The first-order valence-corrected chi connectivity index (χ1v) is 5.52. The number of hydrogen-bond donors (Lipinski definition) is 0. The monoisotopic (exact) mass is 263 g/mol. The molecule has 18 heavy (non-hydrogen) atoms. The molecule has 5 nitrogen and oxygen atoms in total. The first kappa shape index (κ1) is 12.3. The highest BCUT2D eigenvalue weighted by atomic mass is 35.5. The van der Waals surface area contributed by atoms with Gasteiger partial charge in [-0.15, -0.1) is 0 Å². The van der Waals surface area contributed by atoms with Crippen LogP contribution < -0.4 is 0 Å². The van der Waals surface area contributed by atoms with Crippen molar-refractivity contribution in [2.24, 2.45) is 12.2 Å². The average Bonchev–Trinajstić information content (AvgIpc) is 2.78. The van der Waals surface area contributed by atoms with Gasteiger partial charge in [-0.2, -0.15) is 0 Å². The predicted octanol–water partition coefficient (Wildman–Crippen LogP) is 2.26. The Morgan fingerprint density at radius 2 is 2.28 bits per heavy atom. The predicted molar refractivity (Wildman–Crippen MR) is 67.7 cm³/mol. The zero-order valence-electron chi connectivity index (χ0n) is 9.58. The number of aryl methyl sites for hydroxylation is 1. The smallest absolute Gasteiger partial charge is 0.340 e. The number of carbonyl (C=O) groups is 1. The summed E-state index contributed by atoms with van der Waals surface area (Å²) in [5.74, 6) is -0.612. The van der Waals surface area contributed by atoms with E-state index in [1.54, 1.807) is 36.0 Å². The minimum absolute atomic E-state index is 0.203. The molecule has 2 aromatic rings. The van der Waals surface area contributed by atoms with E-state index in [0.717, 1.165) is 0 Å². The number of carbonyl (C=O) groups excluding carboxylic acids is 1. The van der Waals surface area contributed by atoms with Crippen LogP contribution >= 0.6 is 11.6 Å². The molecule has 0 saturated heterocycles. The van der Waals surface area contributed by atoms with Gasteiger partial charge >= 0.3 is 5.97 Å². The van der Waals surface area contributed by atoms with Crippen LogP contribution in [0.25, 0.3) is 0 Å². The molecule has 1 heterocycles. The number of halogens is 1. The van der Waals surface area contributed by atoms with Gasteiger partial charge in [0.05, 0.1) is 12.5 Å². The van der Waals surface area contributed by atoms with Crippen LogP contribution in [0.4, 0.5) is 0 Å². The van der Waals surface area contributed by atoms with Crippen molar-refractivity contribution in [1.29, 1.82) is 0 Å². The number of hydrogen-bond acceptors (Lipinski definition) is 4. The van der Waals surface area contributed by atoms with Gasteiger partial charge in [-0.05, 0) is 6.07 Å². The van der Waals surface area contributed by atoms with Crippen LogP contribution in [-0.2, 0) is 11.9 Å². The topological polar surface area (TPSA) is 56.5 Å². The highest BCUT2D eigenvalue weighted by molar-refractivity contribution is 6.33. The quantitative estimate of drug-likeness (QED) is 0.485. The van der Waals surface area contributed by atoms with E-state index in [4.69, 9.17) is 16.4 Å². The Hall–Kier alpha value is -2.14. The molecular formula is C12H10ClN3O2. The van der Waals surface area contributed by atoms with Crippen molar-refractivity contribution in [2.45, 2.75) is 0 Å². The SMILES string of the molecule is Cn1cnc(C(=O)ON=Cc2ccccc2Cl)c1. The van der Waals surface area contributed by atoms with Crippen molar-refractivity contribution in [3.8, 4) is 0 Å². The minimum Gasteiger partial charge on any atom is -0.340 e. The molecule has 6 heteroatoms. The van der Waals surface area contributed by atoms with Gasteiger partial charge < -0.3 is 9.40 Å². The van der Waals surface area contributed by atoms with Gasteiger partial charge in [-0.3, -0.25) is 0 Å². The number of imidazole rings is 1. The Bertz CT molecular complexity index is 593. The maximum Gasteiger partial charge on any atom is 0.385 e. The Balaban J connectivity index is 2.00. The van der Waals surface area contributed by atoms with Crippen molar-refractivity contribution in [1.82, 2.24) is 9.55 Å². The summed E-state index contributed by atoms with van der Waals surface area (Å²) in [5, 5.41) is 4.12.